The zero-order chi connectivity index (χ0) is 12.4. The predicted molar refractivity (Wildman–Crippen MR) is 62.4 cm³/mol. The summed E-state index contributed by atoms with van der Waals surface area (Å²) in [5.41, 5.74) is 0. The summed E-state index contributed by atoms with van der Waals surface area (Å²) in [6.07, 6.45) is 0. The molecule has 0 aliphatic carbocycles. The van der Waals surface area contributed by atoms with Gasteiger partial charge in [-0.3, -0.25) is 10.1 Å². The van der Waals surface area contributed by atoms with Crippen molar-refractivity contribution in [1.82, 2.24) is 10.6 Å². The smallest absolute Gasteiger partial charge is 0.321 e. The Balaban J connectivity index is 3.58. The van der Waals surface area contributed by atoms with E-state index < -0.39 is 6.03 Å². The Bertz CT molecular complexity index is 226. The first-order chi connectivity index (χ1) is 7.60. The molecule has 3 N–H and O–H groups in total. The fourth-order valence-electron chi connectivity index (χ4n) is 0.744. The number of methoxy groups -OCH3 is 1. The molecule has 3 amide bonds. The van der Waals surface area contributed by atoms with Crippen LogP contribution in [-0.4, -0.2) is 54.9 Å². The van der Waals surface area contributed by atoms with E-state index in [9.17, 15) is 9.59 Å². The number of carbonyl (C=O) groups is 2. The molecular formula is C9H18N2O4S. The molecule has 7 heteroatoms. The van der Waals surface area contributed by atoms with Crippen LogP contribution in [0.5, 0.6) is 0 Å². The average Bonchev–Trinajstić information content (AvgIpc) is 2.26. The SMILES string of the molecule is COCCNC(=O)NC(=O)CSC(C)CO. The molecule has 0 heterocycles. The van der Waals surface area contributed by atoms with Crippen molar-refractivity contribution in [2.24, 2.45) is 0 Å². The van der Waals surface area contributed by atoms with Crippen LogP contribution >= 0.6 is 11.8 Å². The van der Waals surface area contributed by atoms with Gasteiger partial charge in [-0.1, -0.05) is 6.92 Å². The maximum absolute atomic E-state index is 11.2. The van der Waals surface area contributed by atoms with Gasteiger partial charge in [0.15, 0.2) is 0 Å². The third-order valence-electron chi connectivity index (χ3n) is 1.60. The molecule has 0 aromatic rings. The van der Waals surface area contributed by atoms with Crippen LogP contribution in [0, 0.1) is 0 Å². The molecule has 0 aliphatic heterocycles. The molecule has 0 saturated heterocycles. The lowest BCUT2D eigenvalue weighted by molar-refractivity contribution is -0.117. The normalized spacial score (nSPS) is 11.9. The van der Waals surface area contributed by atoms with Gasteiger partial charge in [0, 0.05) is 18.9 Å². The second kappa shape index (κ2) is 9.44. The van der Waals surface area contributed by atoms with Crippen LogP contribution in [0.25, 0.3) is 0 Å². The van der Waals surface area contributed by atoms with Crippen LogP contribution in [0.3, 0.4) is 0 Å². The van der Waals surface area contributed by atoms with Crippen molar-refractivity contribution >= 4 is 23.7 Å². The van der Waals surface area contributed by atoms with Crippen LogP contribution in [0.1, 0.15) is 6.92 Å². The Morgan fingerprint density at radius 2 is 2.19 bits per heavy atom. The molecule has 6 nitrogen and oxygen atoms in total. The van der Waals surface area contributed by atoms with Crippen molar-refractivity contribution in [3.63, 3.8) is 0 Å². The van der Waals surface area contributed by atoms with E-state index in [1.165, 1.54) is 18.9 Å². The summed E-state index contributed by atoms with van der Waals surface area (Å²) in [5.74, 6) is -0.223. The fraction of sp³-hybridized carbons (Fsp3) is 0.778. The van der Waals surface area contributed by atoms with E-state index in [-0.39, 0.29) is 23.5 Å². The summed E-state index contributed by atoms with van der Waals surface area (Å²) >= 11 is 1.29. The number of rotatable bonds is 7. The minimum Gasteiger partial charge on any atom is -0.395 e. The van der Waals surface area contributed by atoms with E-state index in [1.54, 1.807) is 6.92 Å². The Labute approximate surface area is 99.1 Å². The van der Waals surface area contributed by atoms with Gasteiger partial charge in [-0.15, -0.1) is 11.8 Å². The number of hydrogen-bond acceptors (Lipinski definition) is 5. The summed E-state index contributed by atoms with van der Waals surface area (Å²) in [7, 11) is 1.53. The molecule has 0 spiro atoms. The average molecular weight is 250 g/mol. The van der Waals surface area contributed by atoms with Crippen LogP contribution in [-0.2, 0) is 9.53 Å². The third kappa shape index (κ3) is 8.51. The largest absolute Gasteiger partial charge is 0.395 e. The molecular weight excluding hydrogens is 232 g/mol. The molecule has 0 bridgehead atoms. The minimum atomic E-state index is -0.528. The quantitative estimate of drug-likeness (QED) is 0.534. The second-order valence-electron chi connectivity index (χ2n) is 3.10. The van der Waals surface area contributed by atoms with Crippen molar-refractivity contribution < 1.29 is 19.4 Å². The standard InChI is InChI=1S/C9H18N2O4S/c1-7(5-12)16-6-8(13)11-9(14)10-3-4-15-2/h7,12H,3-6H2,1-2H3,(H2,10,11,13,14). The van der Waals surface area contributed by atoms with Gasteiger partial charge < -0.3 is 15.2 Å². The summed E-state index contributed by atoms with van der Waals surface area (Å²) in [6, 6.07) is -0.528. The number of nitrogens with one attached hydrogen (secondary N) is 2. The Morgan fingerprint density at radius 1 is 1.50 bits per heavy atom. The molecule has 0 aromatic heterocycles. The molecule has 0 saturated carbocycles. The first-order valence-electron chi connectivity index (χ1n) is 4.89. The van der Waals surface area contributed by atoms with Gasteiger partial charge in [-0.05, 0) is 0 Å². The van der Waals surface area contributed by atoms with E-state index in [1.807, 2.05) is 0 Å². The van der Waals surface area contributed by atoms with Crippen molar-refractivity contribution in [2.45, 2.75) is 12.2 Å². The van der Waals surface area contributed by atoms with Crippen molar-refractivity contribution in [3.8, 4) is 0 Å². The molecule has 0 aromatic carbocycles. The van der Waals surface area contributed by atoms with Crippen molar-refractivity contribution in [3.05, 3.63) is 0 Å². The highest BCUT2D eigenvalue weighted by Crippen LogP contribution is 2.07. The minimum absolute atomic E-state index is 0.0118. The third-order valence-corrected chi connectivity index (χ3v) is 2.75. The summed E-state index contributed by atoms with van der Waals surface area (Å²) in [5, 5.41) is 13.3. The van der Waals surface area contributed by atoms with Crippen molar-refractivity contribution in [2.75, 3.05) is 32.6 Å². The molecule has 1 unspecified atom stereocenters. The molecule has 16 heavy (non-hydrogen) atoms. The number of aliphatic hydroxyl groups is 1. The zero-order valence-electron chi connectivity index (χ0n) is 9.49. The number of hydrogen-bond donors (Lipinski definition) is 3. The number of carbonyl (C=O) groups excluding carboxylic acids is 2. The molecule has 0 rings (SSSR count). The van der Waals surface area contributed by atoms with Gasteiger partial charge in [0.05, 0.1) is 19.0 Å². The van der Waals surface area contributed by atoms with Crippen molar-refractivity contribution in [1.29, 1.82) is 0 Å². The highest BCUT2D eigenvalue weighted by molar-refractivity contribution is 8.00. The van der Waals surface area contributed by atoms with Gasteiger partial charge in [0.25, 0.3) is 0 Å². The second-order valence-corrected chi connectivity index (χ2v) is 4.53. The number of amides is 3. The lowest BCUT2D eigenvalue weighted by Gasteiger charge is -2.08. The first kappa shape index (κ1) is 15.2. The van der Waals surface area contributed by atoms with Gasteiger partial charge in [0.2, 0.25) is 5.91 Å². The highest BCUT2D eigenvalue weighted by Gasteiger charge is 2.09. The molecule has 0 aliphatic rings. The topological polar surface area (TPSA) is 87.7 Å². The molecule has 1 atom stereocenters. The Morgan fingerprint density at radius 3 is 2.75 bits per heavy atom. The van der Waals surface area contributed by atoms with Gasteiger partial charge in [-0.25, -0.2) is 4.79 Å². The number of imide groups is 1. The highest BCUT2D eigenvalue weighted by atomic mass is 32.2. The van der Waals surface area contributed by atoms with Crippen LogP contribution < -0.4 is 10.6 Å². The molecule has 0 radical (unpaired) electrons. The molecule has 0 fully saturated rings. The lowest BCUT2D eigenvalue weighted by Crippen LogP contribution is -2.41. The van der Waals surface area contributed by atoms with Gasteiger partial charge in [-0.2, -0.15) is 0 Å². The Hall–Kier alpha value is -0.790. The first-order valence-corrected chi connectivity index (χ1v) is 5.94. The van der Waals surface area contributed by atoms with Gasteiger partial charge in [0.1, 0.15) is 0 Å². The van der Waals surface area contributed by atoms with Crippen LogP contribution in [0.4, 0.5) is 4.79 Å². The van der Waals surface area contributed by atoms with Crippen LogP contribution in [0.15, 0.2) is 0 Å². The summed E-state index contributed by atoms with van der Waals surface area (Å²) < 4.78 is 4.73. The number of urea groups is 1. The van der Waals surface area contributed by atoms with E-state index >= 15 is 0 Å². The maximum atomic E-state index is 11.2. The van der Waals surface area contributed by atoms with E-state index in [0.717, 1.165) is 0 Å². The van der Waals surface area contributed by atoms with E-state index in [2.05, 4.69) is 10.6 Å². The molecule has 94 valence electrons. The number of aliphatic hydroxyl groups excluding tert-OH is 1. The van der Waals surface area contributed by atoms with E-state index in [0.29, 0.717) is 13.2 Å². The number of thioether (sulfide) groups is 1. The Kier molecular flexibility index (Phi) is 8.97. The van der Waals surface area contributed by atoms with Crippen LogP contribution in [0.2, 0.25) is 0 Å². The zero-order valence-corrected chi connectivity index (χ0v) is 10.3. The number of ether oxygens (including phenoxy) is 1. The maximum Gasteiger partial charge on any atom is 0.321 e. The fourth-order valence-corrected chi connectivity index (χ4v) is 1.36. The summed E-state index contributed by atoms with van der Waals surface area (Å²) in [6.45, 7) is 2.57. The predicted octanol–water partition coefficient (Wildman–Crippen LogP) is -0.427. The summed E-state index contributed by atoms with van der Waals surface area (Å²) in [4.78, 5) is 22.3. The monoisotopic (exact) mass is 250 g/mol. The van der Waals surface area contributed by atoms with E-state index in [4.69, 9.17) is 9.84 Å². The lowest BCUT2D eigenvalue weighted by atomic mass is 10.5. The van der Waals surface area contributed by atoms with Gasteiger partial charge >= 0.3 is 6.03 Å².